The molecule has 80 valence electrons. The van der Waals surface area contributed by atoms with Crippen LogP contribution in [0, 0.1) is 0 Å². The normalized spacial score (nSPS) is 20.1. The van der Waals surface area contributed by atoms with Crippen molar-refractivity contribution in [1.29, 1.82) is 0 Å². The smallest absolute Gasteiger partial charge is 0.140 e. The van der Waals surface area contributed by atoms with Gasteiger partial charge in [0.25, 0.3) is 0 Å². The van der Waals surface area contributed by atoms with Crippen molar-refractivity contribution in [2.24, 2.45) is 0 Å². The number of ketones is 1. The lowest BCUT2D eigenvalue weighted by Gasteiger charge is -2.24. The van der Waals surface area contributed by atoms with Crippen LogP contribution in [0.4, 0.5) is 0 Å². The molecule has 1 saturated carbocycles. The molecule has 0 N–H and O–H groups in total. The number of Topliss-reactive ketones (excluding diaryl/α,β-unsaturated/α-hetero) is 1. The summed E-state index contributed by atoms with van der Waals surface area (Å²) in [7, 11) is 0. The maximum atomic E-state index is 11.3. The highest BCUT2D eigenvalue weighted by Crippen LogP contribution is 2.32. The monoisotopic (exact) mass is 202 g/mol. The van der Waals surface area contributed by atoms with Crippen molar-refractivity contribution in [3.63, 3.8) is 0 Å². The molecule has 1 fully saturated rings. The highest BCUT2D eigenvalue weighted by molar-refractivity contribution is 5.91. The lowest BCUT2D eigenvalue weighted by Crippen LogP contribution is -2.23. The largest absolute Gasteiger partial charge is 0.299 e. The molecule has 0 amide bonds. The lowest BCUT2D eigenvalue weighted by molar-refractivity contribution is -0.125. The van der Waals surface area contributed by atoms with Gasteiger partial charge in [-0.2, -0.15) is 0 Å². The Kier molecular flexibility index (Phi) is 3.20. The van der Waals surface area contributed by atoms with E-state index in [4.69, 9.17) is 0 Å². The molecule has 1 aromatic carbocycles. The Labute approximate surface area is 91.5 Å². The summed E-state index contributed by atoms with van der Waals surface area (Å²) in [6, 6.07) is 8.62. The molecule has 1 heteroatoms. The number of benzene rings is 1. The van der Waals surface area contributed by atoms with E-state index in [0.717, 1.165) is 19.3 Å². The summed E-state index contributed by atoms with van der Waals surface area (Å²) in [5.41, 5.74) is 2.61. The fourth-order valence-corrected chi connectivity index (χ4v) is 2.06. The summed E-state index contributed by atoms with van der Waals surface area (Å²) in [4.78, 5) is 11.3. The molecule has 0 saturated heterocycles. The number of unbranched alkanes of at least 4 members (excludes halogenated alkanes) is 1. The maximum absolute atomic E-state index is 11.3. The van der Waals surface area contributed by atoms with Gasteiger partial charge >= 0.3 is 0 Å². The van der Waals surface area contributed by atoms with E-state index in [9.17, 15) is 4.79 Å². The second-order valence-corrected chi connectivity index (χ2v) is 4.40. The van der Waals surface area contributed by atoms with E-state index in [-0.39, 0.29) is 5.92 Å². The number of hydrogen-bond acceptors (Lipinski definition) is 1. The third-order valence-electron chi connectivity index (χ3n) is 3.27. The highest BCUT2D eigenvalue weighted by Gasteiger charge is 2.29. The SMILES string of the molecule is CCCCc1ccc(C2CCC2=O)cc1. The van der Waals surface area contributed by atoms with Crippen LogP contribution < -0.4 is 0 Å². The molecule has 1 nitrogen and oxygen atoms in total. The molecule has 0 radical (unpaired) electrons. The van der Waals surface area contributed by atoms with Gasteiger partial charge in [-0.1, -0.05) is 37.6 Å². The van der Waals surface area contributed by atoms with Crippen LogP contribution in [0.5, 0.6) is 0 Å². The molecule has 0 aliphatic heterocycles. The molecular formula is C14H18O. The molecule has 2 rings (SSSR count). The van der Waals surface area contributed by atoms with Crippen molar-refractivity contribution < 1.29 is 4.79 Å². The van der Waals surface area contributed by atoms with Gasteiger partial charge in [0.05, 0.1) is 0 Å². The number of carbonyl (C=O) groups is 1. The molecule has 15 heavy (non-hydrogen) atoms. The Morgan fingerprint density at radius 1 is 1.27 bits per heavy atom. The van der Waals surface area contributed by atoms with Crippen LogP contribution in [0.15, 0.2) is 24.3 Å². The Bertz CT molecular complexity index is 337. The minimum Gasteiger partial charge on any atom is -0.299 e. The van der Waals surface area contributed by atoms with Crippen LogP contribution >= 0.6 is 0 Å². The predicted molar refractivity (Wildman–Crippen MR) is 62.0 cm³/mol. The Hall–Kier alpha value is -1.11. The average molecular weight is 202 g/mol. The highest BCUT2D eigenvalue weighted by atomic mass is 16.1. The van der Waals surface area contributed by atoms with Crippen LogP contribution in [-0.4, -0.2) is 5.78 Å². The molecule has 1 aliphatic rings. The van der Waals surface area contributed by atoms with Gasteiger partial charge in [0.2, 0.25) is 0 Å². The predicted octanol–water partition coefficient (Wildman–Crippen LogP) is 3.48. The van der Waals surface area contributed by atoms with Crippen LogP contribution in [0.2, 0.25) is 0 Å². The van der Waals surface area contributed by atoms with E-state index in [0.29, 0.717) is 5.78 Å². The number of aryl methyl sites for hydroxylation is 1. The standard InChI is InChI=1S/C14H18O/c1-2-3-4-11-5-7-12(8-6-11)13-9-10-14(13)15/h5-8,13H,2-4,9-10H2,1H3. The fourth-order valence-electron chi connectivity index (χ4n) is 2.06. The second-order valence-electron chi connectivity index (χ2n) is 4.40. The summed E-state index contributed by atoms with van der Waals surface area (Å²) in [6.07, 6.45) is 5.48. The number of carbonyl (C=O) groups excluding carboxylic acids is 1. The van der Waals surface area contributed by atoms with Gasteiger partial charge in [0.15, 0.2) is 0 Å². The Morgan fingerprint density at radius 2 is 2.00 bits per heavy atom. The van der Waals surface area contributed by atoms with E-state index >= 15 is 0 Å². The molecule has 0 spiro atoms. The van der Waals surface area contributed by atoms with Gasteiger partial charge in [0, 0.05) is 12.3 Å². The van der Waals surface area contributed by atoms with Gasteiger partial charge in [0.1, 0.15) is 5.78 Å². The van der Waals surface area contributed by atoms with E-state index < -0.39 is 0 Å². The van der Waals surface area contributed by atoms with E-state index in [2.05, 4.69) is 31.2 Å². The third-order valence-corrected chi connectivity index (χ3v) is 3.27. The summed E-state index contributed by atoms with van der Waals surface area (Å²) >= 11 is 0. The first-order valence-electron chi connectivity index (χ1n) is 5.93. The van der Waals surface area contributed by atoms with E-state index in [1.54, 1.807) is 0 Å². The summed E-state index contributed by atoms with van der Waals surface area (Å²) in [6.45, 7) is 2.21. The van der Waals surface area contributed by atoms with Crippen molar-refractivity contribution >= 4 is 5.78 Å². The summed E-state index contributed by atoms with van der Waals surface area (Å²) in [5.74, 6) is 0.626. The van der Waals surface area contributed by atoms with Crippen LogP contribution in [0.1, 0.15) is 49.7 Å². The molecule has 1 atom stereocenters. The zero-order chi connectivity index (χ0) is 10.7. The zero-order valence-corrected chi connectivity index (χ0v) is 9.33. The minimum atomic E-state index is 0.213. The second kappa shape index (κ2) is 4.61. The van der Waals surface area contributed by atoms with Crippen molar-refractivity contribution in [3.8, 4) is 0 Å². The van der Waals surface area contributed by atoms with Gasteiger partial charge in [-0.05, 0) is 30.4 Å². The molecule has 0 bridgehead atoms. The molecule has 0 heterocycles. The van der Waals surface area contributed by atoms with Gasteiger partial charge in [-0.25, -0.2) is 0 Å². The maximum Gasteiger partial charge on any atom is 0.140 e. The van der Waals surface area contributed by atoms with Crippen molar-refractivity contribution in [2.45, 2.75) is 44.9 Å². The number of hydrogen-bond donors (Lipinski definition) is 0. The van der Waals surface area contributed by atoms with Gasteiger partial charge in [-0.3, -0.25) is 4.79 Å². The quantitative estimate of drug-likeness (QED) is 0.730. The van der Waals surface area contributed by atoms with Crippen LogP contribution in [0.25, 0.3) is 0 Å². The minimum absolute atomic E-state index is 0.213. The van der Waals surface area contributed by atoms with Crippen LogP contribution in [-0.2, 0) is 11.2 Å². The molecular weight excluding hydrogens is 184 g/mol. The zero-order valence-electron chi connectivity index (χ0n) is 9.33. The third kappa shape index (κ3) is 2.28. The summed E-state index contributed by atoms with van der Waals surface area (Å²) in [5, 5.41) is 0. The first-order chi connectivity index (χ1) is 7.31. The van der Waals surface area contributed by atoms with Crippen LogP contribution in [0.3, 0.4) is 0 Å². The topological polar surface area (TPSA) is 17.1 Å². The average Bonchev–Trinajstić information content (AvgIpc) is 2.26. The lowest BCUT2D eigenvalue weighted by atomic mass is 9.78. The van der Waals surface area contributed by atoms with Gasteiger partial charge < -0.3 is 0 Å². The first-order valence-corrected chi connectivity index (χ1v) is 5.93. The summed E-state index contributed by atoms with van der Waals surface area (Å²) < 4.78 is 0. The Balaban J connectivity index is 2.00. The fraction of sp³-hybridized carbons (Fsp3) is 0.500. The van der Waals surface area contributed by atoms with Crippen molar-refractivity contribution in [2.75, 3.05) is 0 Å². The van der Waals surface area contributed by atoms with Crippen molar-refractivity contribution in [3.05, 3.63) is 35.4 Å². The van der Waals surface area contributed by atoms with Gasteiger partial charge in [-0.15, -0.1) is 0 Å². The Morgan fingerprint density at radius 3 is 2.47 bits per heavy atom. The number of rotatable bonds is 4. The first kappa shape index (κ1) is 10.4. The molecule has 1 aliphatic carbocycles. The molecule has 1 unspecified atom stereocenters. The molecule has 0 aromatic heterocycles. The van der Waals surface area contributed by atoms with E-state index in [1.165, 1.54) is 24.0 Å². The molecule has 1 aromatic rings. The van der Waals surface area contributed by atoms with Crippen molar-refractivity contribution in [1.82, 2.24) is 0 Å². The van der Waals surface area contributed by atoms with E-state index in [1.807, 2.05) is 0 Å².